The molecule has 0 radical (unpaired) electrons. The SMILES string of the molecule is COCOc1cc(OC)c(OC(C)=O)c2c1C1COC(=O)[C@]3(NCCc4cc(O)c(OC)cc43)SC1C2.COc1cc2c(cc1C)C1(C)CC3CNCC2N31. The third-order valence-corrected chi connectivity index (χ3v) is 13.8. The number of ether oxygens (including phenoxy) is 7. The molecule has 55 heavy (non-hydrogen) atoms. The highest BCUT2D eigenvalue weighted by atomic mass is 32.2. The summed E-state index contributed by atoms with van der Waals surface area (Å²) in [6.45, 7) is 8.77. The molecule has 6 atom stereocenters. The molecule has 14 heteroatoms. The van der Waals surface area contributed by atoms with Crippen molar-refractivity contribution < 1.29 is 47.9 Å². The Morgan fingerprint density at radius 2 is 1.80 bits per heavy atom. The van der Waals surface area contributed by atoms with Crippen LogP contribution in [0.15, 0.2) is 30.3 Å². The number of nitrogens with one attached hydrogen (secondary N) is 2. The maximum atomic E-state index is 13.6. The molecule has 5 aliphatic heterocycles. The van der Waals surface area contributed by atoms with Crippen molar-refractivity contribution in [2.24, 2.45) is 0 Å². The zero-order valence-corrected chi connectivity index (χ0v) is 33.1. The number of carbonyl (C=O) groups is 2. The molecule has 3 aromatic carbocycles. The van der Waals surface area contributed by atoms with Gasteiger partial charge in [-0.15, -0.1) is 11.8 Å². The Kier molecular flexibility index (Phi) is 9.86. The van der Waals surface area contributed by atoms with Gasteiger partial charge in [-0.25, -0.2) is 4.79 Å². The minimum absolute atomic E-state index is 0.00891. The number of benzene rings is 3. The Bertz CT molecular complexity index is 2040. The third-order valence-electron chi connectivity index (χ3n) is 12.1. The maximum absolute atomic E-state index is 13.6. The number of thioether (sulfide) groups is 1. The first kappa shape index (κ1) is 37.7. The summed E-state index contributed by atoms with van der Waals surface area (Å²) in [7, 11) is 6.26. The standard InChI is InChI=1S/C26H29NO9S.C15H20N2O/c1-13(28)36-24-15-8-22-16(23(15)20(35-12-31-2)10-21(24)33-4)11-34-25(30)26(37-22)17-9-19(32-3)18(29)7-14(17)5-6-27-26;1-9-4-12-11(5-14(9)18-3)13-8-16-7-10-6-15(12,2)17(10)13/h7,9-10,16,22,27,29H,5-6,8,11-12H2,1-4H3;4-5,10,13,16H,6-8H2,1-3H3/t16?,22?,26-;/m1./s1. The topological polar surface area (TPSA) is 146 Å². The van der Waals surface area contributed by atoms with Crippen molar-refractivity contribution in [3.05, 3.63) is 69.3 Å². The Morgan fingerprint density at radius 1 is 1.02 bits per heavy atom. The largest absolute Gasteiger partial charge is 0.504 e. The van der Waals surface area contributed by atoms with Crippen LogP contribution in [-0.4, -0.2) is 94.7 Å². The van der Waals surface area contributed by atoms with Crippen LogP contribution in [0.4, 0.5) is 0 Å². The zero-order valence-electron chi connectivity index (χ0n) is 32.3. The van der Waals surface area contributed by atoms with Crippen molar-refractivity contribution in [2.75, 3.05) is 61.5 Å². The van der Waals surface area contributed by atoms with Crippen molar-refractivity contribution in [1.82, 2.24) is 15.5 Å². The van der Waals surface area contributed by atoms with Crippen molar-refractivity contribution in [3.8, 4) is 34.5 Å². The quantitative estimate of drug-likeness (QED) is 0.175. The van der Waals surface area contributed by atoms with Crippen LogP contribution in [0.5, 0.6) is 34.5 Å². The number of hydrogen-bond donors (Lipinski definition) is 3. The number of aromatic hydroxyl groups is 1. The van der Waals surface area contributed by atoms with Gasteiger partial charge in [0.1, 0.15) is 11.5 Å². The molecule has 3 fully saturated rings. The number of piperazine rings is 1. The van der Waals surface area contributed by atoms with E-state index in [-0.39, 0.29) is 41.6 Å². The molecule has 3 N–H and O–H groups in total. The van der Waals surface area contributed by atoms with E-state index in [2.05, 4.69) is 41.5 Å². The summed E-state index contributed by atoms with van der Waals surface area (Å²) in [5.74, 6) is 1.45. The van der Waals surface area contributed by atoms with Crippen molar-refractivity contribution in [2.45, 2.75) is 73.7 Å². The fourth-order valence-electron chi connectivity index (χ4n) is 9.77. The number of phenols is 1. The molecule has 0 amide bonds. The van der Waals surface area contributed by atoms with Gasteiger partial charge in [0.15, 0.2) is 34.7 Å². The predicted octanol–water partition coefficient (Wildman–Crippen LogP) is 4.57. The van der Waals surface area contributed by atoms with Gasteiger partial charge in [-0.1, -0.05) is 6.07 Å². The fourth-order valence-corrected chi connectivity index (χ4v) is 11.5. The number of rotatable bonds is 7. The smallest absolute Gasteiger partial charge is 0.341 e. The number of cyclic esters (lactones) is 1. The second-order valence-corrected chi connectivity index (χ2v) is 16.6. The molecule has 0 saturated carbocycles. The highest BCUT2D eigenvalue weighted by molar-refractivity contribution is 8.01. The molecular formula is C41H49N3O10S. The van der Waals surface area contributed by atoms with Gasteiger partial charge >= 0.3 is 11.9 Å². The van der Waals surface area contributed by atoms with Crippen LogP contribution in [0.25, 0.3) is 0 Å². The molecule has 294 valence electrons. The Hall–Kier alpha value is -4.21. The summed E-state index contributed by atoms with van der Waals surface area (Å²) >= 11 is 1.46. The number of esters is 2. The molecule has 13 nitrogen and oxygen atoms in total. The van der Waals surface area contributed by atoms with Gasteiger partial charge in [0.05, 0.1) is 27.9 Å². The lowest BCUT2D eigenvalue weighted by atomic mass is 9.76. The van der Waals surface area contributed by atoms with Gasteiger partial charge in [0.25, 0.3) is 0 Å². The molecule has 3 aromatic rings. The van der Waals surface area contributed by atoms with Gasteiger partial charge in [-0.3, -0.25) is 15.0 Å². The van der Waals surface area contributed by atoms with E-state index in [0.717, 1.165) is 41.6 Å². The number of fused-ring (bicyclic) bond motifs is 8. The summed E-state index contributed by atoms with van der Waals surface area (Å²) < 4.78 is 38.9. The third kappa shape index (κ3) is 5.99. The second-order valence-electron chi connectivity index (χ2n) is 15.2. The molecule has 3 saturated heterocycles. The maximum Gasteiger partial charge on any atom is 0.341 e. The molecular weight excluding hydrogens is 727 g/mol. The van der Waals surface area contributed by atoms with E-state index in [1.807, 2.05) is 0 Å². The van der Waals surface area contributed by atoms with Crippen molar-refractivity contribution in [3.63, 3.8) is 0 Å². The lowest BCUT2D eigenvalue weighted by molar-refractivity contribution is -0.148. The van der Waals surface area contributed by atoms with Crippen LogP contribution in [0.2, 0.25) is 0 Å². The van der Waals surface area contributed by atoms with Crippen LogP contribution >= 0.6 is 11.8 Å². The zero-order chi connectivity index (χ0) is 38.8. The first-order valence-corrected chi connectivity index (χ1v) is 19.6. The van der Waals surface area contributed by atoms with Gasteiger partial charge < -0.3 is 43.6 Å². The average Bonchev–Trinajstić information content (AvgIpc) is 3.58. The average molecular weight is 776 g/mol. The minimum atomic E-state index is -1.20. The van der Waals surface area contributed by atoms with Gasteiger partial charge in [-0.05, 0) is 73.6 Å². The Labute approximate surface area is 325 Å². The Balaban J connectivity index is 0.000000196. The molecule has 6 aliphatic rings. The van der Waals surface area contributed by atoms with Crippen LogP contribution in [0, 0.1) is 6.92 Å². The summed E-state index contributed by atoms with van der Waals surface area (Å²) in [5.41, 5.74) is 7.68. The van der Waals surface area contributed by atoms with E-state index in [9.17, 15) is 14.7 Å². The van der Waals surface area contributed by atoms with E-state index < -0.39 is 16.8 Å². The van der Waals surface area contributed by atoms with Crippen molar-refractivity contribution in [1.29, 1.82) is 0 Å². The van der Waals surface area contributed by atoms with Crippen LogP contribution in [-0.2, 0) is 42.3 Å². The molecule has 0 bridgehead atoms. The number of hydrogen-bond acceptors (Lipinski definition) is 14. The highest BCUT2D eigenvalue weighted by Gasteiger charge is 2.59. The van der Waals surface area contributed by atoms with E-state index in [1.165, 1.54) is 63.1 Å². The van der Waals surface area contributed by atoms with Gasteiger partial charge in [0.2, 0.25) is 0 Å². The number of carbonyl (C=O) groups excluding carboxylic acids is 2. The van der Waals surface area contributed by atoms with Crippen molar-refractivity contribution >= 4 is 23.7 Å². The van der Waals surface area contributed by atoms with E-state index in [4.69, 9.17) is 33.2 Å². The Morgan fingerprint density at radius 3 is 2.53 bits per heavy atom. The molecule has 5 unspecified atom stereocenters. The van der Waals surface area contributed by atoms with Crippen LogP contribution < -0.4 is 34.3 Å². The van der Waals surface area contributed by atoms with Gasteiger partial charge in [0, 0.05) is 85.2 Å². The first-order chi connectivity index (χ1) is 26.5. The lowest BCUT2D eigenvalue weighted by Gasteiger charge is -2.57. The highest BCUT2D eigenvalue weighted by Crippen LogP contribution is 2.59. The van der Waals surface area contributed by atoms with Crippen LogP contribution in [0.1, 0.15) is 71.2 Å². The number of nitrogens with zero attached hydrogens (tertiary/aromatic N) is 1. The number of aryl methyl sites for hydroxylation is 1. The van der Waals surface area contributed by atoms with E-state index in [1.54, 1.807) is 25.3 Å². The summed E-state index contributed by atoms with van der Waals surface area (Å²) in [5, 5.41) is 17.2. The normalized spacial score (nSPS) is 28.1. The molecule has 1 aliphatic carbocycles. The molecule has 5 heterocycles. The second kappa shape index (κ2) is 14.4. The van der Waals surface area contributed by atoms with Crippen LogP contribution in [0.3, 0.4) is 0 Å². The molecule has 1 spiro atoms. The monoisotopic (exact) mass is 775 g/mol. The first-order valence-electron chi connectivity index (χ1n) is 18.7. The lowest BCUT2D eigenvalue weighted by Crippen LogP contribution is -2.66. The van der Waals surface area contributed by atoms with Gasteiger partial charge in [-0.2, -0.15) is 0 Å². The van der Waals surface area contributed by atoms with E-state index >= 15 is 0 Å². The fraction of sp³-hybridized carbons (Fsp3) is 0.512. The minimum Gasteiger partial charge on any atom is -0.504 e. The predicted molar refractivity (Wildman–Crippen MR) is 205 cm³/mol. The molecule has 0 aromatic heterocycles. The number of phenolic OH excluding ortho intramolecular Hbond substituents is 1. The summed E-state index contributed by atoms with van der Waals surface area (Å²) in [6.07, 6.45) is 2.41. The summed E-state index contributed by atoms with van der Waals surface area (Å²) in [4.78, 5) is 27.1. The van der Waals surface area contributed by atoms with E-state index in [0.29, 0.717) is 48.2 Å². The summed E-state index contributed by atoms with van der Waals surface area (Å²) in [6, 6.07) is 10.9. The molecule has 9 rings (SSSR count). The number of methoxy groups -OCH3 is 4.